The van der Waals surface area contributed by atoms with Crippen LogP contribution in [0.25, 0.3) is 0 Å². The first-order valence-corrected chi connectivity index (χ1v) is 14.4. The lowest BCUT2D eigenvalue weighted by Gasteiger charge is -2.09. The largest absolute Gasteiger partial charge is 0.488 e. The lowest BCUT2D eigenvalue weighted by atomic mass is 10.0. The lowest BCUT2D eigenvalue weighted by Crippen LogP contribution is -2.17. The van der Waals surface area contributed by atoms with Crippen LogP contribution in [-0.4, -0.2) is 12.1 Å². The number of carbonyl (C=O) groups excluding carboxylic acids is 1. The third-order valence-electron chi connectivity index (χ3n) is 6.56. The van der Waals surface area contributed by atoms with Crippen molar-refractivity contribution in [1.82, 2.24) is 5.43 Å². The van der Waals surface area contributed by atoms with Crippen molar-refractivity contribution in [2.75, 3.05) is 0 Å². The van der Waals surface area contributed by atoms with Crippen LogP contribution in [0.4, 0.5) is 0 Å². The Morgan fingerprint density at radius 3 is 1.86 bits per heavy atom. The summed E-state index contributed by atoms with van der Waals surface area (Å²) in [5, 5.41) is 4.14. The quantitative estimate of drug-likeness (QED) is 0.107. The molecule has 1 amide bonds. The molecule has 0 unspecified atom stereocenters. The average Bonchev–Trinajstić information content (AvgIpc) is 2.91. The van der Waals surface area contributed by atoms with E-state index in [0.717, 1.165) is 29.7 Å². The van der Waals surface area contributed by atoms with E-state index in [1.807, 2.05) is 54.6 Å². The molecule has 0 aliphatic heterocycles. The van der Waals surface area contributed by atoms with Crippen molar-refractivity contribution in [1.29, 1.82) is 0 Å². The normalized spacial score (nSPS) is 11.1. The number of rotatable bonds is 21. The Morgan fingerprint density at radius 2 is 1.25 bits per heavy atom. The molecule has 0 aliphatic carbocycles. The molecule has 0 aliphatic rings. The van der Waals surface area contributed by atoms with Crippen LogP contribution >= 0.6 is 0 Å². The van der Waals surface area contributed by atoms with Gasteiger partial charge in [-0.15, -0.1) is 0 Å². The second-order valence-electron chi connectivity index (χ2n) is 9.81. The molecular formula is C32H48N2O2. The van der Waals surface area contributed by atoms with Crippen LogP contribution in [0.15, 0.2) is 59.7 Å². The van der Waals surface area contributed by atoms with Gasteiger partial charge in [0, 0.05) is 12.0 Å². The molecule has 1 N–H and O–H groups in total. The molecule has 198 valence electrons. The van der Waals surface area contributed by atoms with Crippen molar-refractivity contribution in [2.45, 2.75) is 116 Å². The maximum Gasteiger partial charge on any atom is 0.240 e. The van der Waals surface area contributed by atoms with E-state index in [4.69, 9.17) is 4.74 Å². The summed E-state index contributed by atoms with van der Waals surface area (Å²) in [6, 6.07) is 17.8. The topological polar surface area (TPSA) is 50.7 Å². The maximum atomic E-state index is 12.1. The minimum absolute atomic E-state index is 0.0244. The highest BCUT2D eigenvalue weighted by atomic mass is 16.5. The molecule has 0 atom stereocenters. The summed E-state index contributed by atoms with van der Waals surface area (Å²) < 4.78 is 5.94. The van der Waals surface area contributed by atoms with Crippen molar-refractivity contribution in [3.05, 3.63) is 65.7 Å². The van der Waals surface area contributed by atoms with E-state index < -0.39 is 0 Å². The molecule has 0 fully saturated rings. The zero-order valence-electron chi connectivity index (χ0n) is 22.6. The van der Waals surface area contributed by atoms with Gasteiger partial charge in [0.2, 0.25) is 5.91 Å². The summed E-state index contributed by atoms with van der Waals surface area (Å²) in [6.45, 7) is 2.77. The summed E-state index contributed by atoms with van der Waals surface area (Å²) in [5.41, 5.74) is 4.62. The summed E-state index contributed by atoms with van der Waals surface area (Å²) in [6.07, 6.45) is 22.1. The molecule has 2 rings (SSSR count). The third-order valence-corrected chi connectivity index (χ3v) is 6.56. The molecule has 0 saturated carbocycles. The summed E-state index contributed by atoms with van der Waals surface area (Å²) >= 11 is 0. The number of unbranched alkanes of at least 4 members (excludes halogenated alkanes) is 14. The third kappa shape index (κ3) is 14.7. The van der Waals surface area contributed by atoms with Gasteiger partial charge in [-0.3, -0.25) is 4.79 Å². The molecule has 0 bridgehead atoms. The number of nitrogens with one attached hydrogen (secondary N) is 1. The number of hydrogen-bond acceptors (Lipinski definition) is 3. The number of ether oxygens (including phenoxy) is 1. The standard InChI is InChI=1S/C32H48N2O2/c1-2-3-4-5-6-7-8-9-10-11-12-13-14-15-19-26-32(35)34-33-27-30-24-20-21-25-31(30)36-28-29-22-17-16-18-23-29/h16-18,20-25,27H,2-15,19,26,28H2,1H3,(H,34,35)/b33-27-. The predicted octanol–water partition coefficient (Wildman–Crippen LogP) is 8.98. The Morgan fingerprint density at radius 1 is 0.722 bits per heavy atom. The fourth-order valence-corrected chi connectivity index (χ4v) is 4.34. The van der Waals surface area contributed by atoms with Gasteiger partial charge in [-0.05, 0) is 24.1 Å². The van der Waals surface area contributed by atoms with Gasteiger partial charge in [0.05, 0.1) is 6.21 Å². The first-order chi connectivity index (χ1) is 17.8. The molecule has 0 aromatic heterocycles. The van der Waals surface area contributed by atoms with E-state index in [1.54, 1.807) is 6.21 Å². The van der Waals surface area contributed by atoms with Crippen molar-refractivity contribution >= 4 is 12.1 Å². The fraction of sp³-hybridized carbons (Fsp3) is 0.562. The maximum absolute atomic E-state index is 12.1. The van der Waals surface area contributed by atoms with Crippen LogP contribution < -0.4 is 10.2 Å². The molecule has 2 aromatic carbocycles. The Balaban J connectivity index is 1.46. The Bertz CT molecular complexity index is 835. The summed E-state index contributed by atoms with van der Waals surface area (Å²) in [5.74, 6) is 0.727. The van der Waals surface area contributed by atoms with Crippen LogP contribution in [0.5, 0.6) is 5.75 Å². The SMILES string of the molecule is CCCCCCCCCCCCCCCCCC(=O)N/N=C\c1ccccc1OCc1ccccc1. The molecular weight excluding hydrogens is 444 g/mol. The lowest BCUT2D eigenvalue weighted by molar-refractivity contribution is -0.121. The second-order valence-corrected chi connectivity index (χ2v) is 9.81. The minimum atomic E-state index is -0.0244. The zero-order valence-corrected chi connectivity index (χ0v) is 22.6. The highest BCUT2D eigenvalue weighted by Gasteiger charge is 2.03. The van der Waals surface area contributed by atoms with E-state index in [1.165, 1.54) is 83.5 Å². The van der Waals surface area contributed by atoms with Gasteiger partial charge >= 0.3 is 0 Å². The van der Waals surface area contributed by atoms with Crippen LogP contribution in [0.1, 0.15) is 121 Å². The van der Waals surface area contributed by atoms with Gasteiger partial charge in [-0.1, -0.05) is 139 Å². The van der Waals surface area contributed by atoms with Crippen molar-refractivity contribution in [3.8, 4) is 5.75 Å². The van der Waals surface area contributed by atoms with Crippen LogP contribution in [-0.2, 0) is 11.4 Å². The molecule has 4 heteroatoms. The molecule has 0 radical (unpaired) electrons. The van der Waals surface area contributed by atoms with E-state index >= 15 is 0 Å². The molecule has 0 heterocycles. The van der Waals surface area contributed by atoms with Crippen LogP contribution in [0.3, 0.4) is 0 Å². The highest BCUT2D eigenvalue weighted by molar-refractivity contribution is 5.85. The van der Waals surface area contributed by atoms with Crippen molar-refractivity contribution < 1.29 is 9.53 Å². The fourth-order valence-electron chi connectivity index (χ4n) is 4.34. The van der Waals surface area contributed by atoms with Gasteiger partial charge in [0.15, 0.2) is 0 Å². The van der Waals surface area contributed by atoms with Crippen molar-refractivity contribution in [3.63, 3.8) is 0 Å². The molecule has 2 aromatic rings. The number of nitrogens with zero attached hydrogens (tertiary/aromatic N) is 1. The van der Waals surface area contributed by atoms with E-state index in [9.17, 15) is 4.79 Å². The number of carbonyl (C=O) groups is 1. The van der Waals surface area contributed by atoms with Crippen molar-refractivity contribution in [2.24, 2.45) is 5.10 Å². The Kier molecular flexibility index (Phi) is 16.9. The minimum Gasteiger partial charge on any atom is -0.488 e. The highest BCUT2D eigenvalue weighted by Crippen LogP contribution is 2.18. The average molecular weight is 493 g/mol. The first kappa shape index (κ1) is 29.6. The Labute approximate surface area is 219 Å². The smallest absolute Gasteiger partial charge is 0.240 e. The van der Waals surface area contributed by atoms with Gasteiger partial charge in [0.1, 0.15) is 12.4 Å². The zero-order chi connectivity index (χ0) is 25.5. The monoisotopic (exact) mass is 492 g/mol. The Hall–Kier alpha value is -2.62. The number of amides is 1. The number of para-hydroxylation sites is 1. The molecule has 0 saturated heterocycles. The van der Waals surface area contributed by atoms with E-state index in [2.05, 4.69) is 17.5 Å². The van der Waals surface area contributed by atoms with Gasteiger partial charge in [-0.25, -0.2) is 5.43 Å². The van der Waals surface area contributed by atoms with Crippen LogP contribution in [0.2, 0.25) is 0 Å². The second kappa shape index (κ2) is 20.6. The van der Waals surface area contributed by atoms with Gasteiger partial charge < -0.3 is 4.74 Å². The summed E-state index contributed by atoms with van der Waals surface area (Å²) in [7, 11) is 0. The molecule has 4 nitrogen and oxygen atoms in total. The van der Waals surface area contributed by atoms with E-state index in [0.29, 0.717) is 13.0 Å². The number of benzene rings is 2. The summed E-state index contributed by atoms with van der Waals surface area (Å²) in [4.78, 5) is 12.1. The molecule has 36 heavy (non-hydrogen) atoms. The number of hydrazone groups is 1. The first-order valence-electron chi connectivity index (χ1n) is 14.4. The van der Waals surface area contributed by atoms with E-state index in [-0.39, 0.29) is 5.91 Å². The molecule has 0 spiro atoms. The number of hydrogen-bond donors (Lipinski definition) is 1. The van der Waals surface area contributed by atoms with Gasteiger partial charge in [-0.2, -0.15) is 5.10 Å². The van der Waals surface area contributed by atoms with Crippen LogP contribution in [0, 0.1) is 0 Å². The van der Waals surface area contributed by atoms with Gasteiger partial charge in [0.25, 0.3) is 0 Å². The predicted molar refractivity (Wildman–Crippen MR) is 152 cm³/mol.